The summed E-state index contributed by atoms with van der Waals surface area (Å²) in [6.07, 6.45) is 4.74. The Hall–Kier alpha value is -3.72. The molecule has 2 aromatic heterocycles. The van der Waals surface area contributed by atoms with Gasteiger partial charge in [0.1, 0.15) is 18.2 Å². The fourth-order valence-corrected chi connectivity index (χ4v) is 4.70. The summed E-state index contributed by atoms with van der Waals surface area (Å²) in [5, 5.41) is 23.8. The lowest BCUT2D eigenvalue weighted by Crippen LogP contribution is -2.19. The van der Waals surface area contributed by atoms with Crippen molar-refractivity contribution in [2.75, 3.05) is 10.6 Å². The molecule has 0 unspecified atom stereocenters. The molecule has 0 saturated heterocycles. The molecule has 1 aliphatic carbocycles. The molecule has 34 heavy (non-hydrogen) atoms. The Morgan fingerprint density at radius 3 is 2.62 bits per heavy atom. The minimum atomic E-state index is 0.253. The first kappa shape index (κ1) is 22.1. The number of oxime groups is 1. The van der Waals surface area contributed by atoms with Crippen LogP contribution in [-0.2, 0) is 6.61 Å². The van der Waals surface area contributed by atoms with Crippen molar-refractivity contribution in [1.82, 2.24) is 15.0 Å². The van der Waals surface area contributed by atoms with Crippen molar-refractivity contribution in [1.29, 1.82) is 0 Å². The van der Waals surface area contributed by atoms with Crippen LogP contribution in [0.5, 0.6) is 5.75 Å². The average Bonchev–Trinajstić information content (AvgIpc) is 3.53. The summed E-state index contributed by atoms with van der Waals surface area (Å²) in [5.41, 5.74) is 2.40. The molecule has 0 atom stereocenters. The molecule has 0 bridgehead atoms. The van der Waals surface area contributed by atoms with Crippen LogP contribution in [0.15, 0.2) is 59.1 Å². The monoisotopic (exact) mass is 474 g/mol. The van der Waals surface area contributed by atoms with Gasteiger partial charge in [0, 0.05) is 22.4 Å². The summed E-state index contributed by atoms with van der Waals surface area (Å²) in [6.45, 7) is 2.38. The van der Waals surface area contributed by atoms with Gasteiger partial charge < -0.3 is 20.6 Å². The molecule has 174 valence electrons. The van der Waals surface area contributed by atoms with E-state index in [4.69, 9.17) is 9.72 Å². The lowest BCUT2D eigenvalue weighted by molar-refractivity contribution is 0.302. The van der Waals surface area contributed by atoms with Crippen LogP contribution in [0.3, 0.4) is 0 Å². The van der Waals surface area contributed by atoms with Crippen molar-refractivity contribution < 1.29 is 9.94 Å². The maximum Gasteiger partial charge on any atom is 0.231 e. The van der Waals surface area contributed by atoms with Crippen LogP contribution in [0.2, 0.25) is 0 Å². The van der Waals surface area contributed by atoms with E-state index in [1.165, 1.54) is 12.8 Å². The Morgan fingerprint density at radius 1 is 1.09 bits per heavy atom. The second-order valence-corrected chi connectivity index (χ2v) is 9.35. The van der Waals surface area contributed by atoms with Gasteiger partial charge in [0.05, 0.1) is 16.2 Å². The molecule has 1 aliphatic rings. The van der Waals surface area contributed by atoms with Crippen molar-refractivity contribution in [3.05, 3.63) is 70.2 Å². The number of aryl methyl sites for hydroxylation is 1. The first-order chi connectivity index (χ1) is 16.7. The topological polar surface area (TPSA) is 105 Å². The van der Waals surface area contributed by atoms with Crippen molar-refractivity contribution in [3.63, 3.8) is 0 Å². The third kappa shape index (κ3) is 5.09. The van der Waals surface area contributed by atoms with Crippen LogP contribution in [0.25, 0.3) is 10.9 Å². The van der Waals surface area contributed by atoms with E-state index in [1.54, 1.807) is 11.3 Å². The number of aromatic nitrogens is 3. The van der Waals surface area contributed by atoms with Crippen LogP contribution >= 0.6 is 11.3 Å². The number of rotatable bonds is 7. The largest absolute Gasteiger partial charge is 0.487 e. The Kier molecular flexibility index (Phi) is 6.53. The highest BCUT2D eigenvalue weighted by Crippen LogP contribution is 2.27. The molecule has 4 aromatic rings. The lowest BCUT2D eigenvalue weighted by atomic mass is 10.2. The van der Waals surface area contributed by atoms with Gasteiger partial charge in [-0.25, -0.2) is 9.97 Å². The first-order valence-electron chi connectivity index (χ1n) is 11.3. The van der Waals surface area contributed by atoms with Crippen molar-refractivity contribution in [2.24, 2.45) is 5.16 Å². The van der Waals surface area contributed by atoms with Gasteiger partial charge in [-0.05, 0) is 56.2 Å². The van der Waals surface area contributed by atoms with E-state index in [0.717, 1.165) is 40.3 Å². The molecule has 2 heterocycles. The summed E-state index contributed by atoms with van der Waals surface area (Å²) >= 11 is 1.60. The second kappa shape index (κ2) is 10.0. The molecule has 0 spiro atoms. The molecular weight excluding hydrogens is 448 g/mol. The fraction of sp³-hybridized carbons (Fsp3) is 0.280. The predicted molar refractivity (Wildman–Crippen MR) is 135 cm³/mol. The zero-order valence-corrected chi connectivity index (χ0v) is 19.7. The normalized spacial score (nSPS) is 14.4. The number of amidine groups is 1. The van der Waals surface area contributed by atoms with Crippen LogP contribution in [-0.4, -0.2) is 32.0 Å². The van der Waals surface area contributed by atoms with E-state index in [0.29, 0.717) is 29.9 Å². The molecule has 0 amide bonds. The van der Waals surface area contributed by atoms with Gasteiger partial charge in [0.2, 0.25) is 5.95 Å². The third-order valence-corrected chi connectivity index (χ3v) is 6.63. The highest BCUT2D eigenvalue weighted by Gasteiger charge is 2.18. The van der Waals surface area contributed by atoms with Crippen LogP contribution < -0.4 is 15.4 Å². The first-order valence-corrected chi connectivity index (χ1v) is 12.2. The molecular formula is C25H26N6O2S. The smallest absolute Gasteiger partial charge is 0.231 e. The summed E-state index contributed by atoms with van der Waals surface area (Å²) < 4.78 is 5.81. The summed E-state index contributed by atoms with van der Waals surface area (Å²) in [7, 11) is 0. The second-order valence-electron chi connectivity index (χ2n) is 8.28. The number of anilines is 2. The number of thiazole rings is 1. The zero-order valence-electron chi connectivity index (χ0n) is 18.9. The molecule has 1 saturated carbocycles. The number of benzene rings is 2. The van der Waals surface area contributed by atoms with Gasteiger partial charge in [-0.15, -0.1) is 11.3 Å². The number of para-hydroxylation sites is 1. The number of ether oxygens (including phenoxy) is 1. The maximum atomic E-state index is 9.69. The van der Waals surface area contributed by atoms with E-state index in [2.05, 4.69) is 25.8 Å². The van der Waals surface area contributed by atoms with Crippen molar-refractivity contribution in [2.45, 2.75) is 45.3 Å². The molecule has 9 heteroatoms. The zero-order chi connectivity index (χ0) is 23.3. The van der Waals surface area contributed by atoms with E-state index < -0.39 is 0 Å². The highest BCUT2D eigenvalue weighted by atomic mass is 32.1. The van der Waals surface area contributed by atoms with Crippen molar-refractivity contribution >= 4 is 39.8 Å². The minimum absolute atomic E-state index is 0.253. The Labute approximate surface area is 201 Å². The van der Waals surface area contributed by atoms with E-state index in [9.17, 15) is 5.21 Å². The highest BCUT2D eigenvalue weighted by molar-refractivity contribution is 7.09. The number of hydrogen-bond acceptors (Lipinski definition) is 8. The quantitative estimate of drug-likeness (QED) is 0.139. The SMILES string of the molecule is Cc1nc(COc2ccc(/C(=N/O)Nc3nc(NC4CCCC4)c4ccccc4n3)cc2)cs1. The van der Waals surface area contributed by atoms with Crippen molar-refractivity contribution in [3.8, 4) is 5.75 Å². The van der Waals surface area contributed by atoms with E-state index >= 15 is 0 Å². The molecule has 0 radical (unpaired) electrons. The Morgan fingerprint density at radius 2 is 1.88 bits per heavy atom. The number of hydrogen-bond donors (Lipinski definition) is 3. The Balaban J connectivity index is 1.32. The van der Waals surface area contributed by atoms with Crippen LogP contribution in [0.4, 0.5) is 11.8 Å². The van der Waals surface area contributed by atoms with Crippen LogP contribution in [0, 0.1) is 6.92 Å². The third-order valence-electron chi connectivity index (χ3n) is 5.81. The van der Waals surface area contributed by atoms with Gasteiger partial charge in [0.15, 0.2) is 5.84 Å². The van der Waals surface area contributed by atoms with Gasteiger partial charge >= 0.3 is 0 Å². The van der Waals surface area contributed by atoms with E-state index in [1.807, 2.05) is 60.8 Å². The number of fused-ring (bicyclic) bond motifs is 1. The average molecular weight is 475 g/mol. The molecule has 5 rings (SSSR count). The molecule has 0 aliphatic heterocycles. The summed E-state index contributed by atoms with van der Waals surface area (Å²) in [6, 6.07) is 15.6. The standard InChI is InChI=1S/C25H26N6O2S/c1-16-26-19(15-34-16)14-33-20-12-10-17(11-13-20)23(31-32)29-25-28-22-9-5-4-8-21(22)24(30-25)27-18-6-2-3-7-18/h4-5,8-13,15,18,32H,2-3,6-7,14H2,1H3,(H2,27,28,29,30,31). The predicted octanol–water partition coefficient (Wildman–Crippen LogP) is 5.58. The number of nitrogens with one attached hydrogen (secondary N) is 2. The molecule has 2 aromatic carbocycles. The summed E-state index contributed by atoms with van der Waals surface area (Å²) in [4.78, 5) is 13.7. The molecule has 1 fully saturated rings. The lowest BCUT2D eigenvalue weighted by Gasteiger charge is -2.16. The van der Waals surface area contributed by atoms with Gasteiger partial charge in [0.25, 0.3) is 0 Å². The van der Waals surface area contributed by atoms with E-state index in [-0.39, 0.29) is 5.84 Å². The Bertz CT molecular complexity index is 1300. The van der Waals surface area contributed by atoms with Crippen LogP contribution in [0.1, 0.15) is 41.9 Å². The number of nitrogens with zero attached hydrogens (tertiary/aromatic N) is 4. The van der Waals surface area contributed by atoms with Gasteiger partial charge in [-0.3, -0.25) is 0 Å². The molecule has 3 N–H and O–H groups in total. The minimum Gasteiger partial charge on any atom is -0.487 e. The fourth-order valence-electron chi connectivity index (χ4n) is 4.11. The summed E-state index contributed by atoms with van der Waals surface area (Å²) in [5.74, 6) is 2.12. The van der Waals surface area contributed by atoms with Gasteiger partial charge in [-0.1, -0.05) is 30.1 Å². The van der Waals surface area contributed by atoms with Gasteiger partial charge in [-0.2, -0.15) is 4.98 Å². The maximum absolute atomic E-state index is 9.69. The molecule has 8 nitrogen and oxygen atoms in total.